The normalized spacial score (nSPS) is 12.1. The molecule has 0 aliphatic rings. The van der Waals surface area contributed by atoms with Gasteiger partial charge in [-0.2, -0.15) is 0 Å². The first-order valence-corrected chi connectivity index (χ1v) is 6.48. The van der Waals surface area contributed by atoms with E-state index in [1.165, 1.54) is 13.2 Å². The smallest absolute Gasteiger partial charge is 0.320 e. The second-order valence-electron chi connectivity index (χ2n) is 4.29. The minimum atomic E-state index is -1.19. The molecule has 0 heterocycles. The van der Waals surface area contributed by atoms with Gasteiger partial charge >= 0.3 is 5.97 Å². The van der Waals surface area contributed by atoms with Gasteiger partial charge in [0.05, 0.1) is 13.7 Å². The number of hydrogen-bond acceptors (Lipinski definition) is 5. The van der Waals surface area contributed by atoms with Crippen LogP contribution in [0.2, 0.25) is 0 Å². The molecule has 1 rings (SSSR count). The van der Waals surface area contributed by atoms with Gasteiger partial charge in [-0.25, -0.2) is 0 Å². The zero-order chi connectivity index (χ0) is 15.8. The van der Waals surface area contributed by atoms with Crippen LogP contribution in [0, 0.1) is 0 Å². The Balaban J connectivity index is 2.76. The lowest BCUT2D eigenvalue weighted by Gasteiger charge is -2.09. The number of aliphatic carboxylic acids is 1. The van der Waals surface area contributed by atoms with E-state index < -0.39 is 12.0 Å². The lowest BCUT2D eigenvalue weighted by Crippen LogP contribution is -2.32. The first-order valence-electron chi connectivity index (χ1n) is 6.48. The Kier molecular flexibility index (Phi) is 6.42. The van der Waals surface area contributed by atoms with E-state index in [0.717, 1.165) is 5.56 Å². The number of methoxy groups -OCH3 is 1. The molecule has 0 fully saturated rings. The summed E-state index contributed by atoms with van der Waals surface area (Å²) in [5.41, 5.74) is 6.04. The molecule has 0 aromatic heterocycles. The fourth-order valence-electron chi connectivity index (χ4n) is 1.62. The van der Waals surface area contributed by atoms with Gasteiger partial charge in [0.25, 0.3) is 0 Å². The van der Waals surface area contributed by atoms with Gasteiger partial charge in [0, 0.05) is 6.42 Å². The molecule has 0 saturated carbocycles. The van der Waals surface area contributed by atoms with Crippen LogP contribution in [0.4, 0.5) is 0 Å². The van der Waals surface area contributed by atoms with Gasteiger partial charge in [-0.1, -0.05) is 12.1 Å². The van der Waals surface area contributed by atoms with Crippen molar-refractivity contribution in [2.75, 3.05) is 13.7 Å². The molecule has 3 N–H and O–H groups in total. The summed E-state index contributed by atoms with van der Waals surface area (Å²) in [6.07, 6.45) is 2.65. The highest BCUT2D eigenvalue weighted by atomic mass is 16.5. The summed E-state index contributed by atoms with van der Waals surface area (Å²) in [4.78, 5) is 22.1. The van der Waals surface area contributed by atoms with E-state index in [4.69, 9.17) is 20.3 Å². The van der Waals surface area contributed by atoms with E-state index in [1.807, 2.05) is 6.92 Å². The number of hydrogen-bond donors (Lipinski definition) is 2. The van der Waals surface area contributed by atoms with Gasteiger partial charge in [-0.15, -0.1) is 0 Å². The fraction of sp³-hybridized carbons (Fsp3) is 0.333. The topological polar surface area (TPSA) is 98.9 Å². The van der Waals surface area contributed by atoms with Gasteiger partial charge in [-0.3, -0.25) is 9.59 Å². The Morgan fingerprint density at radius 2 is 2.10 bits per heavy atom. The number of benzene rings is 1. The number of carbonyl (C=O) groups is 2. The molecule has 0 aliphatic carbocycles. The predicted octanol–water partition coefficient (Wildman–Crippen LogP) is 1.48. The van der Waals surface area contributed by atoms with Crippen molar-refractivity contribution in [2.45, 2.75) is 19.4 Å². The predicted molar refractivity (Wildman–Crippen MR) is 78.4 cm³/mol. The molecular weight excluding hydrogens is 274 g/mol. The number of allylic oxidation sites excluding steroid dienone is 1. The molecule has 0 saturated heterocycles. The van der Waals surface area contributed by atoms with Crippen LogP contribution in [-0.4, -0.2) is 36.6 Å². The lowest BCUT2D eigenvalue weighted by molar-refractivity contribution is -0.139. The average Bonchev–Trinajstić information content (AvgIpc) is 2.46. The second kappa shape index (κ2) is 8.06. The Bertz CT molecular complexity index is 539. The molecule has 1 aromatic carbocycles. The summed E-state index contributed by atoms with van der Waals surface area (Å²) < 4.78 is 10.6. The van der Waals surface area contributed by atoms with Crippen LogP contribution in [0.25, 0.3) is 6.08 Å². The maximum atomic E-state index is 11.6. The average molecular weight is 293 g/mol. The third kappa shape index (κ3) is 5.27. The van der Waals surface area contributed by atoms with Crippen molar-refractivity contribution in [3.8, 4) is 11.5 Å². The van der Waals surface area contributed by atoms with Crippen LogP contribution >= 0.6 is 0 Å². The van der Waals surface area contributed by atoms with Crippen LogP contribution in [0.5, 0.6) is 11.5 Å². The Morgan fingerprint density at radius 3 is 2.67 bits per heavy atom. The van der Waals surface area contributed by atoms with Crippen molar-refractivity contribution in [1.29, 1.82) is 0 Å². The zero-order valence-electron chi connectivity index (χ0n) is 12.0. The standard InChI is InChI=1S/C15H19NO5/c1-3-21-13-7-5-10(8-14(13)20-2)4-6-11(17)9-12(16)15(18)19/h4-8,12H,3,9,16H2,1-2H3,(H,18,19)/t12-/m0/s1. The van der Waals surface area contributed by atoms with E-state index in [9.17, 15) is 9.59 Å². The minimum absolute atomic E-state index is 0.236. The van der Waals surface area contributed by atoms with Crippen molar-refractivity contribution >= 4 is 17.8 Å². The first-order chi connectivity index (χ1) is 9.97. The van der Waals surface area contributed by atoms with Crippen LogP contribution in [-0.2, 0) is 9.59 Å². The summed E-state index contributed by atoms with van der Waals surface area (Å²) in [5, 5.41) is 8.63. The van der Waals surface area contributed by atoms with Crippen molar-refractivity contribution in [2.24, 2.45) is 5.73 Å². The lowest BCUT2D eigenvalue weighted by atomic mass is 10.1. The fourth-order valence-corrected chi connectivity index (χ4v) is 1.62. The summed E-state index contributed by atoms with van der Waals surface area (Å²) in [5.74, 6) is -0.359. The largest absolute Gasteiger partial charge is 0.493 e. The molecule has 0 aliphatic heterocycles. The highest BCUT2D eigenvalue weighted by Gasteiger charge is 2.14. The van der Waals surface area contributed by atoms with E-state index in [1.54, 1.807) is 24.3 Å². The van der Waals surface area contributed by atoms with E-state index in [0.29, 0.717) is 18.1 Å². The number of carbonyl (C=O) groups excluding carboxylic acids is 1. The molecule has 0 radical (unpaired) electrons. The number of ketones is 1. The quantitative estimate of drug-likeness (QED) is 0.704. The third-order valence-electron chi connectivity index (χ3n) is 2.69. The molecule has 0 spiro atoms. The van der Waals surface area contributed by atoms with Crippen molar-refractivity contribution < 1.29 is 24.2 Å². The highest BCUT2D eigenvalue weighted by Crippen LogP contribution is 2.28. The number of ether oxygens (including phenoxy) is 2. The molecule has 6 heteroatoms. The maximum Gasteiger partial charge on any atom is 0.320 e. The first kappa shape index (κ1) is 16.7. The van der Waals surface area contributed by atoms with Crippen molar-refractivity contribution in [3.63, 3.8) is 0 Å². The van der Waals surface area contributed by atoms with Crippen LogP contribution in [0.1, 0.15) is 18.9 Å². The summed E-state index contributed by atoms with van der Waals surface area (Å²) in [6.45, 7) is 2.40. The van der Waals surface area contributed by atoms with E-state index in [2.05, 4.69) is 0 Å². The van der Waals surface area contributed by atoms with Gasteiger partial charge in [-0.05, 0) is 30.7 Å². The molecule has 1 aromatic rings. The molecule has 0 amide bonds. The van der Waals surface area contributed by atoms with Crippen molar-refractivity contribution in [3.05, 3.63) is 29.8 Å². The summed E-state index contributed by atoms with van der Waals surface area (Å²) in [7, 11) is 1.53. The number of carboxylic acids is 1. The summed E-state index contributed by atoms with van der Waals surface area (Å²) in [6, 6.07) is 4.06. The molecule has 0 bridgehead atoms. The van der Waals surface area contributed by atoms with Gasteiger partial charge in [0.1, 0.15) is 6.04 Å². The van der Waals surface area contributed by atoms with Crippen molar-refractivity contribution in [1.82, 2.24) is 0 Å². The molecule has 1 atom stereocenters. The highest BCUT2D eigenvalue weighted by molar-refractivity contribution is 5.96. The van der Waals surface area contributed by atoms with E-state index >= 15 is 0 Å². The second-order valence-corrected chi connectivity index (χ2v) is 4.29. The Hall–Kier alpha value is -2.34. The van der Waals surface area contributed by atoms with Gasteiger partial charge in [0.15, 0.2) is 17.3 Å². The number of nitrogens with two attached hydrogens (primary N) is 1. The van der Waals surface area contributed by atoms with Crippen LogP contribution in [0.15, 0.2) is 24.3 Å². The molecule has 21 heavy (non-hydrogen) atoms. The number of rotatable bonds is 8. The molecule has 114 valence electrons. The van der Waals surface area contributed by atoms with Crippen LogP contribution in [0.3, 0.4) is 0 Å². The Morgan fingerprint density at radius 1 is 1.38 bits per heavy atom. The molecule has 6 nitrogen and oxygen atoms in total. The van der Waals surface area contributed by atoms with Gasteiger partial charge in [0.2, 0.25) is 0 Å². The number of carboxylic acid groups (broad SMARTS) is 1. The van der Waals surface area contributed by atoms with Crippen LogP contribution < -0.4 is 15.2 Å². The Labute approximate surface area is 123 Å². The monoisotopic (exact) mass is 293 g/mol. The van der Waals surface area contributed by atoms with E-state index in [-0.39, 0.29) is 12.2 Å². The molecule has 0 unspecified atom stereocenters. The summed E-state index contributed by atoms with van der Waals surface area (Å²) >= 11 is 0. The SMILES string of the molecule is CCOc1ccc(C=CC(=O)C[C@H](N)C(=O)O)cc1OC. The molecular formula is C15H19NO5. The van der Waals surface area contributed by atoms with Gasteiger partial charge < -0.3 is 20.3 Å². The maximum absolute atomic E-state index is 11.6. The minimum Gasteiger partial charge on any atom is -0.493 e. The third-order valence-corrected chi connectivity index (χ3v) is 2.69. The zero-order valence-corrected chi connectivity index (χ0v) is 12.0.